The smallest absolute Gasteiger partial charge is 0.407 e. The van der Waals surface area contributed by atoms with Crippen molar-refractivity contribution in [1.82, 2.24) is 5.32 Å². The zero-order valence-corrected chi connectivity index (χ0v) is 15.3. The molecule has 1 aliphatic rings. The van der Waals surface area contributed by atoms with Crippen LogP contribution in [0.5, 0.6) is 0 Å². The predicted octanol–water partition coefficient (Wildman–Crippen LogP) is 4.99. The van der Waals surface area contributed by atoms with Crippen LogP contribution in [0, 0.1) is 11.8 Å². The third-order valence-electron chi connectivity index (χ3n) is 4.61. The molecular formula is C23H25NO2. The van der Waals surface area contributed by atoms with Crippen LogP contribution >= 0.6 is 0 Å². The van der Waals surface area contributed by atoms with Gasteiger partial charge in [-0.2, -0.15) is 0 Å². The van der Waals surface area contributed by atoms with Gasteiger partial charge in [0.1, 0.15) is 6.10 Å². The van der Waals surface area contributed by atoms with Gasteiger partial charge in [-0.25, -0.2) is 4.79 Å². The third kappa shape index (κ3) is 4.67. The maximum Gasteiger partial charge on any atom is 0.407 e. The van der Waals surface area contributed by atoms with E-state index in [1.54, 1.807) is 0 Å². The summed E-state index contributed by atoms with van der Waals surface area (Å²) in [7, 11) is 0. The van der Waals surface area contributed by atoms with E-state index in [4.69, 9.17) is 4.74 Å². The molecule has 1 N–H and O–H groups in total. The second-order valence-corrected chi connectivity index (χ2v) is 6.58. The molecule has 0 spiro atoms. The molecular weight excluding hydrogens is 322 g/mol. The minimum atomic E-state index is -0.354. The minimum absolute atomic E-state index is 0.336. The van der Waals surface area contributed by atoms with E-state index in [0.717, 1.165) is 35.1 Å². The van der Waals surface area contributed by atoms with Crippen molar-refractivity contribution in [3.63, 3.8) is 0 Å². The fourth-order valence-corrected chi connectivity index (χ4v) is 3.17. The number of carbonyl (C=O) groups is 1. The fourth-order valence-electron chi connectivity index (χ4n) is 3.17. The lowest BCUT2D eigenvalue weighted by Gasteiger charge is -2.22. The number of benzene rings is 2. The largest absolute Gasteiger partial charge is 0.441 e. The van der Waals surface area contributed by atoms with Crippen LogP contribution in [0.3, 0.4) is 0 Å². The highest BCUT2D eigenvalue weighted by Crippen LogP contribution is 2.28. The molecule has 0 aromatic heterocycles. The molecule has 0 bridgehead atoms. The van der Waals surface area contributed by atoms with Crippen LogP contribution in [0.1, 0.15) is 61.0 Å². The average Bonchev–Trinajstić information content (AvgIpc) is 2.65. The molecule has 0 aliphatic heterocycles. The zero-order valence-electron chi connectivity index (χ0n) is 15.3. The first-order chi connectivity index (χ1) is 12.8. The minimum Gasteiger partial charge on any atom is -0.441 e. The summed E-state index contributed by atoms with van der Waals surface area (Å²) in [5.41, 5.74) is 3.99. The van der Waals surface area contributed by atoms with E-state index in [-0.39, 0.29) is 12.2 Å². The molecule has 2 aromatic carbocycles. The fraction of sp³-hybridized carbons (Fsp3) is 0.348. The highest BCUT2D eigenvalue weighted by atomic mass is 16.6. The van der Waals surface area contributed by atoms with Gasteiger partial charge in [0.15, 0.2) is 0 Å². The Bertz CT molecular complexity index is 816. The number of rotatable bonds is 6. The summed E-state index contributed by atoms with van der Waals surface area (Å²) in [6.45, 7) is 2.83. The quantitative estimate of drug-likeness (QED) is 0.590. The second-order valence-electron chi connectivity index (χ2n) is 6.58. The van der Waals surface area contributed by atoms with E-state index in [0.29, 0.717) is 13.0 Å². The standard InChI is InChI=1S/C23H25NO2/c1-2-3-4-9-16-24-23(25)26-22-17-20-12-6-5-10-18(20)14-15-19-11-7-8-13-21(19)22/h5-8,10-13,22H,2-4,9,16-17H2,1H3,(H,24,25). The van der Waals surface area contributed by atoms with E-state index < -0.39 is 0 Å². The molecule has 3 heteroatoms. The van der Waals surface area contributed by atoms with E-state index in [9.17, 15) is 4.79 Å². The van der Waals surface area contributed by atoms with Crippen molar-refractivity contribution >= 4 is 6.09 Å². The molecule has 0 saturated heterocycles. The van der Waals surface area contributed by atoms with Gasteiger partial charge < -0.3 is 10.1 Å². The molecule has 0 heterocycles. The number of carbonyl (C=O) groups excluding carboxylic acids is 1. The van der Waals surface area contributed by atoms with Crippen molar-refractivity contribution in [3.8, 4) is 11.8 Å². The second kappa shape index (κ2) is 9.10. The van der Waals surface area contributed by atoms with Crippen molar-refractivity contribution in [1.29, 1.82) is 0 Å². The van der Waals surface area contributed by atoms with Crippen LogP contribution in [0.25, 0.3) is 0 Å². The molecule has 0 fully saturated rings. The lowest BCUT2D eigenvalue weighted by atomic mass is 9.92. The molecule has 134 valence electrons. The Morgan fingerprint density at radius 2 is 1.77 bits per heavy atom. The van der Waals surface area contributed by atoms with Crippen molar-refractivity contribution in [2.24, 2.45) is 0 Å². The number of fused-ring (bicyclic) bond motifs is 2. The number of ether oxygens (including phenoxy) is 1. The van der Waals surface area contributed by atoms with Crippen LogP contribution in [0.2, 0.25) is 0 Å². The summed E-state index contributed by atoms with van der Waals surface area (Å²) in [6.07, 6.45) is 4.44. The number of hydrogen-bond acceptors (Lipinski definition) is 2. The Morgan fingerprint density at radius 3 is 2.62 bits per heavy atom. The van der Waals surface area contributed by atoms with Crippen LogP contribution in [-0.2, 0) is 11.2 Å². The Hall–Kier alpha value is -2.73. The first kappa shape index (κ1) is 18.1. The van der Waals surface area contributed by atoms with Crippen LogP contribution in [0.15, 0.2) is 48.5 Å². The summed E-state index contributed by atoms with van der Waals surface area (Å²) < 4.78 is 5.80. The molecule has 26 heavy (non-hydrogen) atoms. The number of amides is 1. The molecule has 1 aliphatic carbocycles. The van der Waals surface area contributed by atoms with Crippen LogP contribution in [0.4, 0.5) is 4.79 Å². The van der Waals surface area contributed by atoms with Crippen LogP contribution < -0.4 is 5.32 Å². The monoisotopic (exact) mass is 347 g/mol. The summed E-state index contributed by atoms with van der Waals surface area (Å²) in [5.74, 6) is 6.47. The average molecular weight is 347 g/mol. The molecule has 3 rings (SSSR count). The van der Waals surface area contributed by atoms with Gasteiger partial charge in [-0.05, 0) is 24.1 Å². The first-order valence-electron chi connectivity index (χ1n) is 9.41. The molecule has 1 amide bonds. The normalized spacial score (nSPS) is 14.7. The third-order valence-corrected chi connectivity index (χ3v) is 4.61. The maximum atomic E-state index is 12.3. The number of hydrogen-bond donors (Lipinski definition) is 1. The van der Waals surface area contributed by atoms with Gasteiger partial charge >= 0.3 is 6.09 Å². The highest BCUT2D eigenvalue weighted by Gasteiger charge is 2.22. The molecule has 2 aromatic rings. The van der Waals surface area contributed by atoms with Gasteiger partial charge in [0.05, 0.1) is 0 Å². The topological polar surface area (TPSA) is 38.3 Å². The van der Waals surface area contributed by atoms with E-state index in [2.05, 4.69) is 30.1 Å². The van der Waals surface area contributed by atoms with Crippen molar-refractivity contribution < 1.29 is 9.53 Å². The van der Waals surface area contributed by atoms with Crippen molar-refractivity contribution in [3.05, 3.63) is 70.8 Å². The number of alkyl carbamates (subject to hydrolysis) is 1. The highest BCUT2D eigenvalue weighted by molar-refractivity contribution is 5.68. The van der Waals surface area contributed by atoms with Gasteiger partial charge in [-0.15, -0.1) is 0 Å². The summed E-state index contributed by atoms with van der Waals surface area (Å²) in [5, 5.41) is 2.88. The van der Waals surface area contributed by atoms with E-state index >= 15 is 0 Å². The van der Waals surface area contributed by atoms with Gasteiger partial charge in [0.25, 0.3) is 0 Å². The number of unbranched alkanes of at least 4 members (excludes halogenated alkanes) is 3. The summed E-state index contributed by atoms with van der Waals surface area (Å²) in [6, 6.07) is 16.0. The van der Waals surface area contributed by atoms with Crippen molar-refractivity contribution in [2.45, 2.75) is 45.1 Å². The molecule has 1 unspecified atom stereocenters. The molecule has 1 atom stereocenters. The Kier molecular flexibility index (Phi) is 6.33. The Morgan fingerprint density at radius 1 is 1.04 bits per heavy atom. The summed E-state index contributed by atoms with van der Waals surface area (Å²) >= 11 is 0. The molecule has 3 nitrogen and oxygen atoms in total. The van der Waals surface area contributed by atoms with E-state index in [1.165, 1.54) is 12.8 Å². The zero-order chi connectivity index (χ0) is 18.2. The lowest BCUT2D eigenvalue weighted by Crippen LogP contribution is -2.28. The predicted molar refractivity (Wildman–Crippen MR) is 104 cm³/mol. The molecule has 0 saturated carbocycles. The van der Waals surface area contributed by atoms with Gasteiger partial charge in [-0.1, -0.05) is 74.4 Å². The lowest BCUT2D eigenvalue weighted by molar-refractivity contribution is 0.0972. The van der Waals surface area contributed by atoms with Gasteiger partial charge in [-0.3, -0.25) is 0 Å². The SMILES string of the molecule is CCCCCCNC(=O)OC1Cc2ccccc2C#Cc2ccccc21. The first-order valence-corrected chi connectivity index (χ1v) is 9.41. The van der Waals surface area contributed by atoms with Gasteiger partial charge in [0.2, 0.25) is 0 Å². The van der Waals surface area contributed by atoms with E-state index in [1.807, 2.05) is 42.5 Å². The maximum absolute atomic E-state index is 12.3. The Balaban J connectivity index is 1.74. The van der Waals surface area contributed by atoms with Crippen molar-refractivity contribution in [2.75, 3.05) is 6.54 Å². The number of nitrogens with one attached hydrogen (secondary N) is 1. The van der Waals surface area contributed by atoms with Gasteiger partial charge in [0, 0.05) is 29.7 Å². The Labute approximate surface area is 155 Å². The summed E-state index contributed by atoms with van der Waals surface area (Å²) in [4.78, 5) is 12.3. The van der Waals surface area contributed by atoms with Crippen LogP contribution in [-0.4, -0.2) is 12.6 Å². The molecule has 0 radical (unpaired) electrons.